The van der Waals surface area contributed by atoms with E-state index in [-0.39, 0.29) is 15.5 Å². The predicted octanol–water partition coefficient (Wildman–Crippen LogP) is 2.87. The molecule has 1 aromatic carbocycles. The zero-order valence-corrected chi connectivity index (χ0v) is 11.6. The summed E-state index contributed by atoms with van der Waals surface area (Å²) in [7, 11) is -4.08. The maximum absolute atomic E-state index is 11.9. The lowest BCUT2D eigenvalue weighted by molar-refractivity contribution is 0.0695. The molecule has 0 unspecified atom stereocenters. The van der Waals surface area contributed by atoms with Crippen molar-refractivity contribution in [3.8, 4) is 5.75 Å². The Hall–Kier alpha value is -1.57. The van der Waals surface area contributed by atoms with E-state index < -0.39 is 16.1 Å². The van der Waals surface area contributed by atoms with Crippen molar-refractivity contribution in [1.29, 1.82) is 0 Å². The molecule has 2 aromatic rings. The molecule has 1 aromatic heterocycles. The second-order valence-corrected chi connectivity index (χ2v) is 6.89. The van der Waals surface area contributed by atoms with Crippen LogP contribution >= 0.6 is 22.9 Å². The first-order chi connectivity index (χ1) is 8.90. The van der Waals surface area contributed by atoms with Crippen LogP contribution in [0.3, 0.4) is 0 Å². The highest BCUT2D eigenvalue weighted by molar-refractivity contribution is 7.89. The molecule has 0 aliphatic heterocycles. The highest BCUT2D eigenvalue weighted by Crippen LogP contribution is 2.29. The Morgan fingerprint density at radius 2 is 1.89 bits per heavy atom. The van der Waals surface area contributed by atoms with Gasteiger partial charge in [0.15, 0.2) is 9.96 Å². The molecule has 2 rings (SSSR count). The summed E-state index contributed by atoms with van der Waals surface area (Å²) in [4.78, 5) is 11.0. The number of halogens is 1. The third-order valence-corrected chi connectivity index (χ3v) is 5.03. The van der Waals surface area contributed by atoms with Crippen molar-refractivity contribution in [3.63, 3.8) is 0 Å². The molecule has 0 saturated carbocycles. The van der Waals surface area contributed by atoms with E-state index in [9.17, 15) is 13.2 Å². The van der Waals surface area contributed by atoms with Crippen molar-refractivity contribution in [2.75, 3.05) is 0 Å². The third-order valence-electron chi connectivity index (χ3n) is 2.11. The van der Waals surface area contributed by atoms with Gasteiger partial charge in [0, 0.05) is 0 Å². The maximum Gasteiger partial charge on any atom is 0.348 e. The minimum absolute atomic E-state index is 0.0855. The summed E-state index contributed by atoms with van der Waals surface area (Å²) >= 11 is 6.49. The summed E-state index contributed by atoms with van der Waals surface area (Å²) < 4.78 is 28.9. The number of hydrogen-bond donors (Lipinski definition) is 1. The molecule has 19 heavy (non-hydrogen) atoms. The van der Waals surface area contributed by atoms with Crippen molar-refractivity contribution >= 4 is 39.0 Å². The highest BCUT2D eigenvalue weighted by Gasteiger charge is 2.22. The number of hydrogen-bond acceptors (Lipinski definition) is 5. The van der Waals surface area contributed by atoms with Crippen LogP contribution < -0.4 is 4.18 Å². The van der Waals surface area contributed by atoms with Gasteiger partial charge in [-0.2, -0.15) is 8.42 Å². The van der Waals surface area contributed by atoms with Crippen LogP contribution in [0.15, 0.2) is 40.6 Å². The van der Waals surface area contributed by atoms with E-state index in [0.29, 0.717) is 4.34 Å². The van der Waals surface area contributed by atoms with Crippen molar-refractivity contribution in [3.05, 3.63) is 46.3 Å². The largest absolute Gasteiger partial charge is 0.478 e. The first-order valence-corrected chi connectivity index (χ1v) is 7.52. The average Bonchev–Trinajstić information content (AvgIpc) is 2.76. The molecule has 1 heterocycles. The quantitative estimate of drug-likeness (QED) is 0.877. The Morgan fingerprint density at radius 1 is 1.21 bits per heavy atom. The number of aromatic carboxylic acids is 1. The molecule has 0 amide bonds. The fourth-order valence-electron chi connectivity index (χ4n) is 1.31. The number of carbonyl (C=O) groups is 1. The second-order valence-electron chi connectivity index (χ2n) is 3.40. The number of para-hydroxylation sites is 1. The highest BCUT2D eigenvalue weighted by atomic mass is 35.5. The zero-order valence-electron chi connectivity index (χ0n) is 9.24. The van der Waals surface area contributed by atoms with E-state index in [0.717, 1.165) is 11.3 Å². The van der Waals surface area contributed by atoms with E-state index in [1.165, 1.54) is 36.4 Å². The summed E-state index contributed by atoms with van der Waals surface area (Å²) in [5.41, 5.74) is -0.228. The molecule has 8 heteroatoms. The summed E-state index contributed by atoms with van der Waals surface area (Å²) in [6, 6.07) is 8.21. The number of carboxylic acid groups (broad SMARTS) is 1. The molecule has 0 fully saturated rings. The van der Waals surface area contributed by atoms with Crippen molar-refractivity contribution < 1.29 is 22.5 Å². The third kappa shape index (κ3) is 3.06. The lowest BCUT2D eigenvalue weighted by Gasteiger charge is -2.07. The Labute approximate surface area is 118 Å². The standard InChI is InChI=1S/C11H7ClO5S2/c12-9-5-6-10(18-9)19(15,16)17-8-4-2-1-3-7(8)11(13)14/h1-6H,(H,13,14). The molecule has 0 aliphatic carbocycles. The van der Waals surface area contributed by atoms with Crippen LogP contribution in [0.25, 0.3) is 0 Å². The van der Waals surface area contributed by atoms with Gasteiger partial charge in [-0.15, -0.1) is 11.3 Å². The van der Waals surface area contributed by atoms with Crippen LogP contribution in [0.2, 0.25) is 4.34 Å². The van der Waals surface area contributed by atoms with Crippen molar-refractivity contribution in [2.45, 2.75) is 4.21 Å². The van der Waals surface area contributed by atoms with Gasteiger partial charge in [-0.3, -0.25) is 0 Å². The molecule has 0 spiro atoms. The molecule has 0 saturated heterocycles. The molecule has 0 atom stereocenters. The van der Waals surface area contributed by atoms with Crippen LogP contribution in [0.5, 0.6) is 5.75 Å². The smallest absolute Gasteiger partial charge is 0.348 e. The molecule has 0 aliphatic rings. The average molecular weight is 319 g/mol. The topological polar surface area (TPSA) is 80.7 Å². The van der Waals surface area contributed by atoms with Gasteiger partial charge in [0.25, 0.3) is 0 Å². The minimum atomic E-state index is -4.08. The van der Waals surface area contributed by atoms with E-state index in [2.05, 4.69) is 0 Å². The van der Waals surface area contributed by atoms with Gasteiger partial charge < -0.3 is 9.29 Å². The summed E-state index contributed by atoms with van der Waals surface area (Å²) in [5, 5.41) is 8.94. The Balaban J connectivity index is 2.39. The normalized spacial score (nSPS) is 11.2. The first kappa shape index (κ1) is 13.9. The molecule has 1 N–H and O–H groups in total. The van der Waals surface area contributed by atoms with Crippen LogP contribution in [0, 0.1) is 0 Å². The Kier molecular flexibility index (Phi) is 3.79. The predicted molar refractivity (Wildman–Crippen MR) is 70.5 cm³/mol. The summed E-state index contributed by atoms with van der Waals surface area (Å²) in [5.74, 6) is -1.51. The van der Waals surface area contributed by atoms with Crippen molar-refractivity contribution in [1.82, 2.24) is 0 Å². The molecule has 100 valence electrons. The van der Waals surface area contributed by atoms with Crippen LogP contribution in [-0.2, 0) is 10.1 Å². The summed E-state index contributed by atoms with van der Waals surface area (Å²) in [6.07, 6.45) is 0. The first-order valence-electron chi connectivity index (χ1n) is 4.92. The zero-order chi connectivity index (χ0) is 14.0. The molecule has 0 bridgehead atoms. The number of thiophene rings is 1. The SMILES string of the molecule is O=C(O)c1ccccc1OS(=O)(=O)c1ccc(Cl)s1. The lowest BCUT2D eigenvalue weighted by atomic mass is 10.2. The molecule has 0 radical (unpaired) electrons. The van der Waals surface area contributed by atoms with Gasteiger partial charge in [0.1, 0.15) is 5.56 Å². The molecular weight excluding hydrogens is 312 g/mol. The fraction of sp³-hybridized carbons (Fsp3) is 0. The van der Waals surface area contributed by atoms with Gasteiger partial charge in [-0.1, -0.05) is 23.7 Å². The van der Waals surface area contributed by atoms with Crippen LogP contribution in [0.1, 0.15) is 10.4 Å². The van der Waals surface area contributed by atoms with E-state index in [4.69, 9.17) is 20.9 Å². The Bertz CT molecular complexity index is 720. The van der Waals surface area contributed by atoms with Crippen molar-refractivity contribution in [2.24, 2.45) is 0 Å². The van der Waals surface area contributed by atoms with E-state index in [1.807, 2.05) is 0 Å². The number of benzene rings is 1. The van der Waals surface area contributed by atoms with Gasteiger partial charge in [0.05, 0.1) is 4.34 Å². The van der Waals surface area contributed by atoms with Gasteiger partial charge in [-0.05, 0) is 24.3 Å². The van der Waals surface area contributed by atoms with E-state index in [1.54, 1.807) is 0 Å². The summed E-state index contributed by atoms with van der Waals surface area (Å²) in [6.45, 7) is 0. The van der Waals surface area contributed by atoms with Gasteiger partial charge >= 0.3 is 16.1 Å². The minimum Gasteiger partial charge on any atom is -0.478 e. The maximum atomic E-state index is 11.9. The number of carboxylic acids is 1. The fourth-order valence-corrected chi connectivity index (χ4v) is 3.70. The number of rotatable bonds is 4. The second kappa shape index (κ2) is 5.20. The van der Waals surface area contributed by atoms with Gasteiger partial charge in [-0.25, -0.2) is 4.79 Å². The monoisotopic (exact) mass is 318 g/mol. The van der Waals surface area contributed by atoms with Crippen LogP contribution in [-0.4, -0.2) is 19.5 Å². The molecule has 5 nitrogen and oxygen atoms in total. The van der Waals surface area contributed by atoms with E-state index >= 15 is 0 Å². The lowest BCUT2D eigenvalue weighted by Crippen LogP contribution is -2.11. The Morgan fingerprint density at radius 3 is 2.47 bits per heavy atom. The van der Waals surface area contributed by atoms with Gasteiger partial charge in [0.2, 0.25) is 0 Å². The van der Waals surface area contributed by atoms with Crippen LogP contribution in [0.4, 0.5) is 0 Å². The molecular formula is C11H7ClO5S2.